The molecule has 2 fully saturated rings. The van der Waals surface area contributed by atoms with Crippen LogP contribution in [0.15, 0.2) is 48.5 Å². The highest BCUT2D eigenvalue weighted by Crippen LogP contribution is 2.44. The van der Waals surface area contributed by atoms with Gasteiger partial charge in [-0.1, -0.05) is 45.0 Å². The molecule has 2 saturated heterocycles. The van der Waals surface area contributed by atoms with Crippen molar-refractivity contribution in [1.29, 1.82) is 0 Å². The summed E-state index contributed by atoms with van der Waals surface area (Å²) in [7, 11) is 0. The molecule has 2 aromatic rings. The molecule has 6 heteroatoms. The highest BCUT2D eigenvalue weighted by Gasteiger charge is 2.47. The predicted molar refractivity (Wildman–Crippen MR) is 123 cm³/mol. The molecule has 0 N–H and O–H groups in total. The number of hydrogen-bond donors (Lipinski definition) is 0. The van der Waals surface area contributed by atoms with Crippen LogP contribution in [0, 0.1) is 5.82 Å². The van der Waals surface area contributed by atoms with E-state index in [9.17, 15) is 14.0 Å². The second-order valence-corrected chi connectivity index (χ2v) is 10.8. The molecule has 4 rings (SSSR count). The number of hydrogen-bond acceptors (Lipinski definition) is 3. The highest BCUT2D eigenvalue weighted by atomic mass is 32.2. The quantitative estimate of drug-likeness (QED) is 0.664. The third-order valence-corrected chi connectivity index (χ3v) is 7.91. The van der Waals surface area contributed by atoms with Crippen molar-refractivity contribution in [2.45, 2.75) is 43.9 Å². The Bertz CT molecular complexity index is 976. The van der Waals surface area contributed by atoms with E-state index in [0.29, 0.717) is 38.0 Å². The average molecular weight is 441 g/mol. The molecule has 164 valence electrons. The van der Waals surface area contributed by atoms with Crippen LogP contribution in [0.4, 0.5) is 4.39 Å². The Morgan fingerprint density at radius 2 is 1.58 bits per heavy atom. The van der Waals surface area contributed by atoms with Crippen molar-refractivity contribution in [1.82, 2.24) is 9.80 Å². The van der Waals surface area contributed by atoms with Gasteiger partial charge in [0.1, 0.15) is 5.82 Å². The summed E-state index contributed by atoms with van der Waals surface area (Å²) in [5.74, 6) is 0.192. The number of halogens is 1. The lowest BCUT2D eigenvalue weighted by Crippen LogP contribution is -2.53. The fraction of sp³-hybridized carbons (Fsp3) is 0.440. The smallest absolute Gasteiger partial charge is 0.256 e. The monoisotopic (exact) mass is 440 g/mol. The van der Waals surface area contributed by atoms with Crippen LogP contribution in [-0.2, 0) is 5.41 Å². The second kappa shape index (κ2) is 8.30. The van der Waals surface area contributed by atoms with Crippen LogP contribution in [-0.4, -0.2) is 51.9 Å². The highest BCUT2D eigenvalue weighted by molar-refractivity contribution is 8.00. The first-order valence-electron chi connectivity index (χ1n) is 10.8. The molecule has 0 aromatic heterocycles. The van der Waals surface area contributed by atoms with E-state index in [0.717, 1.165) is 5.75 Å². The van der Waals surface area contributed by atoms with Crippen LogP contribution in [0.3, 0.4) is 0 Å². The molecule has 2 aromatic carbocycles. The Balaban J connectivity index is 1.47. The molecule has 0 bridgehead atoms. The number of carbonyl (C=O) groups excluding carboxylic acids is 2. The van der Waals surface area contributed by atoms with Crippen molar-refractivity contribution in [2.75, 3.05) is 25.4 Å². The van der Waals surface area contributed by atoms with Crippen LogP contribution in [0.25, 0.3) is 0 Å². The minimum atomic E-state index is -0.487. The molecule has 0 unspecified atom stereocenters. The summed E-state index contributed by atoms with van der Waals surface area (Å²) in [5, 5.41) is 0. The number of benzene rings is 2. The maximum atomic E-state index is 14.0. The van der Waals surface area contributed by atoms with E-state index in [1.165, 1.54) is 17.7 Å². The van der Waals surface area contributed by atoms with Gasteiger partial charge in [0, 0.05) is 31.0 Å². The molecule has 0 radical (unpaired) electrons. The zero-order valence-electron chi connectivity index (χ0n) is 18.4. The number of piperidine rings is 1. The van der Waals surface area contributed by atoms with Gasteiger partial charge >= 0.3 is 0 Å². The van der Waals surface area contributed by atoms with E-state index >= 15 is 0 Å². The number of likely N-dealkylation sites (tertiary alicyclic amines) is 1. The van der Waals surface area contributed by atoms with Crippen molar-refractivity contribution in [3.05, 3.63) is 71.0 Å². The van der Waals surface area contributed by atoms with Gasteiger partial charge in [-0.3, -0.25) is 9.59 Å². The normalized spacial score (nSPS) is 18.5. The predicted octanol–water partition coefficient (Wildman–Crippen LogP) is 4.94. The van der Waals surface area contributed by atoms with Gasteiger partial charge in [-0.2, -0.15) is 0 Å². The summed E-state index contributed by atoms with van der Waals surface area (Å²) in [6.07, 6.45) is 1.40. The van der Waals surface area contributed by atoms with Gasteiger partial charge in [0.2, 0.25) is 0 Å². The van der Waals surface area contributed by atoms with E-state index in [2.05, 4.69) is 20.8 Å². The molecule has 4 nitrogen and oxygen atoms in total. The van der Waals surface area contributed by atoms with Crippen molar-refractivity contribution >= 4 is 23.6 Å². The zero-order valence-corrected chi connectivity index (χ0v) is 19.2. The molecule has 31 heavy (non-hydrogen) atoms. The number of rotatable bonds is 2. The topological polar surface area (TPSA) is 40.6 Å². The van der Waals surface area contributed by atoms with Gasteiger partial charge in [0.15, 0.2) is 0 Å². The molecule has 2 aliphatic rings. The molecule has 0 saturated carbocycles. The molecule has 0 atom stereocenters. The SMILES string of the molecule is CC(C)(C)c1ccc(C(=O)N2CCSC23CCN(C(=O)c2ccccc2F)CC3)cc1. The third kappa shape index (κ3) is 4.22. The fourth-order valence-electron chi connectivity index (χ4n) is 4.44. The molecular weight excluding hydrogens is 411 g/mol. The number of amides is 2. The van der Waals surface area contributed by atoms with Crippen LogP contribution in [0.2, 0.25) is 0 Å². The Hall–Kier alpha value is -2.34. The van der Waals surface area contributed by atoms with E-state index in [-0.39, 0.29) is 27.7 Å². The average Bonchev–Trinajstić information content (AvgIpc) is 3.16. The van der Waals surface area contributed by atoms with E-state index in [1.807, 2.05) is 40.9 Å². The van der Waals surface area contributed by atoms with Crippen molar-refractivity contribution in [3.63, 3.8) is 0 Å². The number of carbonyl (C=O) groups is 2. The van der Waals surface area contributed by atoms with E-state index in [4.69, 9.17) is 0 Å². The lowest BCUT2D eigenvalue weighted by molar-refractivity contribution is 0.0496. The van der Waals surface area contributed by atoms with Gasteiger partial charge in [0.25, 0.3) is 11.8 Å². The third-order valence-electron chi connectivity index (χ3n) is 6.36. The van der Waals surface area contributed by atoms with Crippen LogP contribution >= 0.6 is 11.8 Å². The van der Waals surface area contributed by atoms with Crippen molar-refractivity contribution in [2.24, 2.45) is 0 Å². The first kappa shape index (κ1) is 21.9. The molecular formula is C25H29FN2O2S. The molecule has 2 amide bonds. The summed E-state index contributed by atoms with van der Waals surface area (Å²) in [5.41, 5.74) is 2.07. The fourth-order valence-corrected chi connectivity index (χ4v) is 5.90. The Labute approximate surface area is 187 Å². The van der Waals surface area contributed by atoms with Gasteiger partial charge in [0.05, 0.1) is 10.4 Å². The van der Waals surface area contributed by atoms with Crippen LogP contribution in [0.1, 0.15) is 59.9 Å². The molecule has 2 aliphatic heterocycles. The zero-order chi connectivity index (χ0) is 22.2. The molecule has 0 aliphatic carbocycles. The molecule has 2 heterocycles. The molecule has 1 spiro atoms. The van der Waals surface area contributed by atoms with Crippen molar-refractivity contribution in [3.8, 4) is 0 Å². The van der Waals surface area contributed by atoms with Gasteiger partial charge in [-0.25, -0.2) is 4.39 Å². The lowest BCUT2D eigenvalue weighted by atomic mass is 9.86. The lowest BCUT2D eigenvalue weighted by Gasteiger charge is -2.44. The Morgan fingerprint density at radius 1 is 0.935 bits per heavy atom. The van der Waals surface area contributed by atoms with Crippen molar-refractivity contribution < 1.29 is 14.0 Å². The van der Waals surface area contributed by atoms with E-state index in [1.54, 1.807) is 17.0 Å². The maximum absolute atomic E-state index is 14.0. The summed E-state index contributed by atoms with van der Waals surface area (Å²) in [6, 6.07) is 14.1. The minimum Gasteiger partial charge on any atom is -0.338 e. The largest absolute Gasteiger partial charge is 0.338 e. The Morgan fingerprint density at radius 3 is 2.19 bits per heavy atom. The first-order valence-corrected chi connectivity index (χ1v) is 11.8. The van der Waals surface area contributed by atoms with Gasteiger partial charge < -0.3 is 9.80 Å². The Kier molecular flexibility index (Phi) is 5.86. The number of thioether (sulfide) groups is 1. The minimum absolute atomic E-state index is 0.0455. The summed E-state index contributed by atoms with van der Waals surface area (Å²) >= 11 is 1.81. The second-order valence-electron chi connectivity index (χ2n) is 9.35. The standard InChI is InChI=1S/C25H29FN2O2S/c1-24(2,3)19-10-8-18(9-11-19)22(29)28-16-17-31-25(28)12-14-27(15-13-25)23(30)20-6-4-5-7-21(20)26/h4-11H,12-17H2,1-3H3. The number of nitrogens with zero attached hydrogens (tertiary/aromatic N) is 2. The maximum Gasteiger partial charge on any atom is 0.256 e. The van der Waals surface area contributed by atoms with Crippen LogP contribution in [0.5, 0.6) is 0 Å². The van der Waals surface area contributed by atoms with Gasteiger partial charge in [-0.05, 0) is 48.1 Å². The summed E-state index contributed by atoms with van der Waals surface area (Å²) in [6.45, 7) is 8.23. The van der Waals surface area contributed by atoms with E-state index < -0.39 is 5.82 Å². The summed E-state index contributed by atoms with van der Waals surface area (Å²) < 4.78 is 14.0. The van der Waals surface area contributed by atoms with Gasteiger partial charge in [-0.15, -0.1) is 11.8 Å². The first-order chi connectivity index (χ1) is 14.7. The van der Waals surface area contributed by atoms with Crippen LogP contribution < -0.4 is 0 Å². The summed E-state index contributed by atoms with van der Waals surface area (Å²) in [4.78, 5) is 29.5.